The Kier molecular flexibility index (Phi) is 5.69. The molecule has 26 heavy (non-hydrogen) atoms. The van der Waals surface area contributed by atoms with Gasteiger partial charge in [-0.25, -0.2) is 4.79 Å². The van der Waals surface area contributed by atoms with Crippen LogP contribution in [-0.2, 0) is 14.3 Å². The summed E-state index contributed by atoms with van der Waals surface area (Å²) in [7, 11) is 1.61. The number of rotatable bonds is 3. The minimum absolute atomic E-state index is 0.00194. The van der Waals surface area contributed by atoms with E-state index >= 15 is 0 Å². The molecule has 0 unspecified atom stereocenters. The summed E-state index contributed by atoms with van der Waals surface area (Å²) < 4.78 is 10.9. The van der Waals surface area contributed by atoms with Crippen LogP contribution in [0, 0.1) is 0 Å². The number of nitrogens with one attached hydrogen (secondary N) is 1. The van der Waals surface area contributed by atoms with Crippen LogP contribution in [0.5, 0.6) is 5.75 Å². The minimum atomic E-state index is -0.863. The average Bonchev–Trinajstić information content (AvgIpc) is 2.63. The fraction of sp³-hybridized carbons (Fsp3) is 0.421. The highest BCUT2D eigenvalue weighted by atomic mass is 16.6. The summed E-state index contributed by atoms with van der Waals surface area (Å²) in [6.45, 7) is 6.70. The Bertz CT molecular complexity index is 749. The summed E-state index contributed by atoms with van der Waals surface area (Å²) in [6, 6.07) is 4.41. The van der Waals surface area contributed by atoms with Crippen molar-refractivity contribution in [3.63, 3.8) is 0 Å². The molecule has 0 fully saturated rings. The molecule has 2 amide bonds. The van der Waals surface area contributed by atoms with E-state index in [9.17, 15) is 14.4 Å². The van der Waals surface area contributed by atoms with Crippen LogP contribution in [0.15, 0.2) is 24.3 Å². The van der Waals surface area contributed by atoms with Crippen LogP contribution in [0.2, 0.25) is 0 Å². The standard InChI is InChI=1S/C19H24N2O5/c1-12(22)6-7-13-8-9-16-15(10-13)21(5)17(23)14(11-25-16)20-18(24)26-19(2,3)4/h6-10,14H,11H2,1-5H3,(H,20,24)/b7-6+/t14-/m0/s1. The van der Waals surface area contributed by atoms with Crippen LogP contribution in [0.1, 0.15) is 33.3 Å². The van der Waals surface area contributed by atoms with Crippen LogP contribution >= 0.6 is 0 Å². The van der Waals surface area contributed by atoms with Gasteiger partial charge in [-0.05, 0) is 51.5 Å². The zero-order valence-electron chi connectivity index (χ0n) is 15.7. The number of amides is 2. The summed E-state index contributed by atoms with van der Waals surface area (Å²) >= 11 is 0. The maximum Gasteiger partial charge on any atom is 0.408 e. The maximum atomic E-state index is 12.7. The number of carbonyl (C=O) groups excluding carboxylic acids is 3. The highest BCUT2D eigenvalue weighted by Gasteiger charge is 2.31. The Labute approximate surface area is 153 Å². The monoisotopic (exact) mass is 360 g/mol. The van der Waals surface area contributed by atoms with Crippen molar-refractivity contribution in [2.45, 2.75) is 39.3 Å². The molecule has 140 valence electrons. The number of anilines is 1. The molecule has 0 bridgehead atoms. The lowest BCUT2D eigenvalue weighted by atomic mass is 10.1. The van der Waals surface area contributed by atoms with Gasteiger partial charge in [0.2, 0.25) is 0 Å². The molecule has 7 heteroatoms. The third kappa shape index (κ3) is 5.08. The number of likely N-dealkylation sites (N-methyl/N-ethyl adjacent to an activating group) is 1. The van der Waals surface area contributed by atoms with E-state index in [-0.39, 0.29) is 18.3 Å². The number of nitrogens with zero attached hydrogens (tertiary/aromatic N) is 1. The lowest BCUT2D eigenvalue weighted by Gasteiger charge is -2.23. The molecule has 0 spiro atoms. The first kappa shape index (κ1) is 19.5. The van der Waals surface area contributed by atoms with Gasteiger partial charge < -0.3 is 19.7 Å². The zero-order chi connectivity index (χ0) is 19.5. The molecule has 1 aromatic carbocycles. The molecular formula is C19H24N2O5. The number of hydrogen-bond acceptors (Lipinski definition) is 5. The summed E-state index contributed by atoms with van der Waals surface area (Å²) in [5.74, 6) is 0.138. The Hall–Kier alpha value is -2.83. The molecule has 2 rings (SSSR count). The van der Waals surface area contributed by atoms with Gasteiger partial charge >= 0.3 is 6.09 Å². The highest BCUT2D eigenvalue weighted by Crippen LogP contribution is 2.32. The van der Waals surface area contributed by atoms with E-state index in [2.05, 4.69) is 5.32 Å². The molecule has 7 nitrogen and oxygen atoms in total. The molecular weight excluding hydrogens is 336 g/mol. The lowest BCUT2D eigenvalue weighted by molar-refractivity contribution is -0.120. The van der Waals surface area contributed by atoms with Crippen LogP contribution in [0.25, 0.3) is 6.08 Å². The third-order valence-electron chi connectivity index (χ3n) is 3.58. The van der Waals surface area contributed by atoms with Crippen molar-refractivity contribution in [2.24, 2.45) is 0 Å². The number of allylic oxidation sites excluding steroid dienone is 1. The summed E-state index contributed by atoms with van der Waals surface area (Å²) in [4.78, 5) is 37.2. The number of carbonyl (C=O) groups is 3. The quantitative estimate of drug-likeness (QED) is 0.838. The second-order valence-corrected chi connectivity index (χ2v) is 7.08. The van der Waals surface area contributed by atoms with Crippen molar-refractivity contribution < 1.29 is 23.9 Å². The summed E-state index contributed by atoms with van der Waals surface area (Å²) in [6.07, 6.45) is 2.44. The molecule has 1 aromatic rings. The number of benzene rings is 1. The van der Waals surface area contributed by atoms with Gasteiger partial charge in [0, 0.05) is 7.05 Å². The summed E-state index contributed by atoms with van der Waals surface area (Å²) in [5, 5.41) is 2.55. The Morgan fingerprint density at radius 3 is 2.65 bits per heavy atom. The topological polar surface area (TPSA) is 84.9 Å². The van der Waals surface area contributed by atoms with Gasteiger partial charge in [-0.15, -0.1) is 0 Å². The molecule has 1 aliphatic heterocycles. The molecule has 1 atom stereocenters. The number of alkyl carbamates (subject to hydrolysis) is 1. The van der Waals surface area contributed by atoms with E-state index in [0.29, 0.717) is 11.4 Å². The van der Waals surface area contributed by atoms with Gasteiger partial charge in [0.15, 0.2) is 5.78 Å². The van der Waals surface area contributed by atoms with E-state index in [0.717, 1.165) is 5.56 Å². The first-order valence-corrected chi connectivity index (χ1v) is 8.29. The zero-order valence-corrected chi connectivity index (χ0v) is 15.7. The van der Waals surface area contributed by atoms with Crippen LogP contribution < -0.4 is 15.0 Å². The van der Waals surface area contributed by atoms with E-state index in [1.807, 2.05) is 0 Å². The van der Waals surface area contributed by atoms with Crippen molar-refractivity contribution in [1.29, 1.82) is 0 Å². The second-order valence-electron chi connectivity index (χ2n) is 7.08. The first-order chi connectivity index (χ1) is 12.1. The van der Waals surface area contributed by atoms with Crippen LogP contribution in [0.4, 0.5) is 10.5 Å². The normalized spacial score (nSPS) is 17.3. The smallest absolute Gasteiger partial charge is 0.408 e. The molecule has 0 saturated heterocycles. The third-order valence-corrected chi connectivity index (χ3v) is 3.58. The molecule has 1 heterocycles. The van der Waals surface area contributed by atoms with Crippen molar-refractivity contribution in [1.82, 2.24) is 5.32 Å². The van der Waals surface area contributed by atoms with Gasteiger partial charge in [0.1, 0.15) is 24.0 Å². The fourth-order valence-electron chi connectivity index (χ4n) is 2.39. The predicted molar refractivity (Wildman–Crippen MR) is 98.2 cm³/mol. The van der Waals surface area contributed by atoms with E-state index in [1.165, 1.54) is 17.9 Å². The van der Waals surface area contributed by atoms with Gasteiger partial charge in [0.05, 0.1) is 5.69 Å². The lowest BCUT2D eigenvalue weighted by Crippen LogP contribution is -2.50. The average molecular weight is 360 g/mol. The molecule has 1 aliphatic rings. The Morgan fingerprint density at radius 2 is 2.04 bits per heavy atom. The number of fused-ring (bicyclic) bond motifs is 1. The van der Waals surface area contributed by atoms with Crippen molar-refractivity contribution in [3.8, 4) is 5.75 Å². The van der Waals surface area contributed by atoms with Crippen LogP contribution in [-0.4, -0.2) is 43.1 Å². The van der Waals surface area contributed by atoms with E-state index in [4.69, 9.17) is 9.47 Å². The molecule has 0 aliphatic carbocycles. The van der Waals surface area contributed by atoms with Gasteiger partial charge in [-0.1, -0.05) is 12.1 Å². The second kappa shape index (κ2) is 7.59. The molecule has 0 aromatic heterocycles. The highest BCUT2D eigenvalue weighted by molar-refractivity contribution is 6.00. The van der Waals surface area contributed by atoms with Crippen molar-refractivity contribution >= 4 is 29.5 Å². The summed E-state index contributed by atoms with van der Waals surface area (Å²) in [5.41, 5.74) is 0.667. The molecule has 0 radical (unpaired) electrons. The largest absolute Gasteiger partial charge is 0.489 e. The van der Waals surface area contributed by atoms with Gasteiger partial charge in [0.25, 0.3) is 5.91 Å². The Morgan fingerprint density at radius 1 is 1.35 bits per heavy atom. The van der Waals surface area contributed by atoms with E-state index < -0.39 is 17.7 Å². The Balaban J connectivity index is 2.19. The van der Waals surface area contributed by atoms with E-state index in [1.54, 1.807) is 52.1 Å². The molecule has 0 saturated carbocycles. The first-order valence-electron chi connectivity index (χ1n) is 8.29. The van der Waals surface area contributed by atoms with Gasteiger partial charge in [-0.3, -0.25) is 9.59 Å². The van der Waals surface area contributed by atoms with Crippen molar-refractivity contribution in [2.75, 3.05) is 18.6 Å². The van der Waals surface area contributed by atoms with Crippen molar-refractivity contribution in [3.05, 3.63) is 29.8 Å². The maximum absolute atomic E-state index is 12.7. The number of hydrogen-bond donors (Lipinski definition) is 1. The number of ketones is 1. The minimum Gasteiger partial charge on any atom is -0.489 e. The predicted octanol–water partition coefficient (Wildman–Crippen LogP) is 2.54. The van der Waals surface area contributed by atoms with Gasteiger partial charge in [-0.2, -0.15) is 0 Å². The number of ether oxygens (including phenoxy) is 2. The van der Waals surface area contributed by atoms with Crippen LogP contribution in [0.3, 0.4) is 0 Å². The molecule has 1 N–H and O–H groups in total. The SMILES string of the molecule is CC(=O)/C=C/c1ccc2c(c1)N(C)C(=O)[C@@H](NC(=O)OC(C)(C)C)CO2. The fourth-order valence-corrected chi connectivity index (χ4v) is 2.39.